The first-order chi connectivity index (χ1) is 17.6. The van der Waals surface area contributed by atoms with Crippen molar-refractivity contribution in [2.45, 2.75) is 24.5 Å². The van der Waals surface area contributed by atoms with Gasteiger partial charge in [0.15, 0.2) is 9.84 Å². The van der Waals surface area contributed by atoms with Crippen molar-refractivity contribution in [3.05, 3.63) is 81.3 Å². The number of carbonyl (C=O) groups is 2. The molecule has 0 radical (unpaired) electrons. The lowest BCUT2D eigenvalue weighted by molar-refractivity contribution is -0.137. The van der Waals surface area contributed by atoms with E-state index in [0.29, 0.717) is 5.56 Å². The molecule has 3 N–H and O–H groups in total. The summed E-state index contributed by atoms with van der Waals surface area (Å²) in [6.07, 6.45) is -3.64. The molecule has 3 aromatic rings. The van der Waals surface area contributed by atoms with Crippen LogP contribution in [0.15, 0.2) is 58.2 Å². The Bertz CT molecular complexity index is 1550. The first kappa shape index (κ1) is 28.4. The van der Waals surface area contributed by atoms with Crippen LogP contribution in [0, 0.1) is 6.92 Å². The Balaban J connectivity index is 2.12. The molecule has 9 nitrogen and oxygen atoms in total. The normalized spacial score (nSPS) is 11.7. The van der Waals surface area contributed by atoms with Crippen LogP contribution in [0.5, 0.6) is 0 Å². The van der Waals surface area contributed by atoms with E-state index in [2.05, 4.69) is 15.6 Å². The van der Waals surface area contributed by atoms with Crippen molar-refractivity contribution >= 4 is 27.5 Å². The molecule has 13 heteroatoms. The number of nitrogens with zero attached hydrogens (tertiary/aromatic N) is 1. The number of carbonyl (C=O) groups excluding carboxylic acids is 2. The van der Waals surface area contributed by atoms with Crippen molar-refractivity contribution in [2.75, 3.05) is 25.7 Å². The lowest BCUT2D eigenvalue weighted by Gasteiger charge is -2.20. The third kappa shape index (κ3) is 6.40. The monoisotopic (exact) mass is 550 g/mol. The summed E-state index contributed by atoms with van der Waals surface area (Å²) in [7, 11) is -0.531. The number of aromatic amines is 1. The van der Waals surface area contributed by atoms with Crippen molar-refractivity contribution in [3.63, 3.8) is 0 Å². The third-order valence-electron chi connectivity index (χ3n) is 5.55. The first-order valence-corrected chi connectivity index (χ1v) is 13.0. The molecule has 2 aromatic carbocycles. The van der Waals surface area contributed by atoms with Crippen molar-refractivity contribution in [1.82, 2.24) is 15.2 Å². The Hall–Kier alpha value is -4.13. The summed E-state index contributed by atoms with van der Waals surface area (Å²) in [5.74, 6) is -0.911. The van der Waals surface area contributed by atoms with Crippen LogP contribution in [0.25, 0.3) is 11.1 Å². The number of aryl methyl sites for hydroxylation is 1. The zero-order valence-electron chi connectivity index (χ0n) is 20.9. The maximum absolute atomic E-state index is 13.5. The van der Waals surface area contributed by atoms with Crippen LogP contribution in [-0.2, 0) is 22.6 Å². The van der Waals surface area contributed by atoms with E-state index in [0.717, 1.165) is 24.5 Å². The smallest absolute Gasteiger partial charge is 0.348 e. The predicted octanol–water partition coefficient (Wildman–Crippen LogP) is 3.80. The molecule has 1 aromatic heterocycles. The Morgan fingerprint density at radius 1 is 1.05 bits per heavy atom. The number of aromatic nitrogens is 1. The number of halogens is 3. The van der Waals surface area contributed by atoms with Gasteiger partial charge < -0.3 is 20.5 Å². The van der Waals surface area contributed by atoms with Gasteiger partial charge in [0.25, 0.3) is 11.5 Å². The number of hydrogen-bond acceptors (Lipinski definition) is 5. The SMILES string of the molecule is Cc1[nH]c(=O)c(C(=O)NCc2ccc(S(C)(=O)=O)cc2)c(-c2cccc(C(F)(F)F)c2)c1NC(=O)N(C)C. The highest BCUT2D eigenvalue weighted by Crippen LogP contribution is 2.36. The van der Waals surface area contributed by atoms with Gasteiger partial charge in [-0.3, -0.25) is 9.59 Å². The van der Waals surface area contributed by atoms with Gasteiger partial charge in [-0.15, -0.1) is 0 Å². The number of rotatable bonds is 6. The number of sulfone groups is 1. The van der Waals surface area contributed by atoms with E-state index in [1.807, 2.05) is 0 Å². The van der Waals surface area contributed by atoms with Gasteiger partial charge >= 0.3 is 12.2 Å². The minimum Gasteiger partial charge on any atom is -0.348 e. The van der Waals surface area contributed by atoms with E-state index in [9.17, 15) is 36.0 Å². The van der Waals surface area contributed by atoms with E-state index in [4.69, 9.17) is 0 Å². The number of hydrogen-bond donors (Lipinski definition) is 3. The van der Waals surface area contributed by atoms with Crippen LogP contribution in [0.1, 0.15) is 27.2 Å². The fourth-order valence-electron chi connectivity index (χ4n) is 3.58. The zero-order chi connectivity index (χ0) is 28.4. The van der Waals surface area contributed by atoms with Crippen LogP contribution in [0.4, 0.5) is 23.7 Å². The molecule has 0 aliphatic carbocycles. The molecule has 0 unspecified atom stereocenters. The van der Waals surface area contributed by atoms with E-state index >= 15 is 0 Å². The summed E-state index contributed by atoms with van der Waals surface area (Å²) < 4.78 is 63.7. The largest absolute Gasteiger partial charge is 0.416 e. The second-order valence-corrected chi connectivity index (χ2v) is 10.7. The molecule has 202 valence electrons. The van der Waals surface area contributed by atoms with Crippen LogP contribution in [0.3, 0.4) is 0 Å². The topological polar surface area (TPSA) is 128 Å². The predicted molar refractivity (Wildman–Crippen MR) is 136 cm³/mol. The quantitative estimate of drug-likeness (QED) is 0.430. The molecule has 3 rings (SSSR count). The van der Waals surface area contributed by atoms with Crippen LogP contribution in [0.2, 0.25) is 0 Å². The zero-order valence-corrected chi connectivity index (χ0v) is 21.7. The van der Waals surface area contributed by atoms with Gasteiger partial charge in [0, 0.05) is 38.2 Å². The van der Waals surface area contributed by atoms with Crippen molar-refractivity contribution in [1.29, 1.82) is 0 Å². The highest BCUT2D eigenvalue weighted by Gasteiger charge is 2.32. The first-order valence-electron chi connectivity index (χ1n) is 11.1. The van der Waals surface area contributed by atoms with Gasteiger partial charge in [-0.05, 0) is 42.3 Å². The number of benzene rings is 2. The second-order valence-electron chi connectivity index (χ2n) is 8.71. The molecule has 0 saturated heterocycles. The van der Waals surface area contributed by atoms with Gasteiger partial charge in [0.1, 0.15) is 5.56 Å². The highest BCUT2D eigenvalue weighted by molar-refractivity contribution is 7.90. The maximum atomic E-state index is 13.5. The number of urea groups is 1. The standard InChI is InChI=1S/C25H25F3N4O5S/c1-14-21(31-24(35)32(2)3)19(16-6-5-7-17(12-16)25(26,27)28)20(23(34)30-14)22(33)29-13-15-8-10-18(11-9-15)38(4,36)37/h5-12H,13H2,1-4H3,(H,29,33)(H,30,34)(H,31,35). The number of amides is 3. The number of nitrogens with one attached hydrogen (secondary N) is 3. The third-order valence-corrected chi connectivity index (χ3v) is 6.68. The van der Waals surface area contributed by atoms with Gasteiger partial charge in [-0.25, -0.2) is 13.2 Å². The minimum absolute atomic E-state index is 0.0368. The molecule has 0 atom stereocenters. The van der Waals surface area contributed by atoms with Gasteiger partial charge in [-0.2, -0.15) is 13.2 Å². The summed E-state index contributed by atoms with van der Waals surface area (Å²) in [6, 6.07) is 9.12. The average molecular weight is 551 g/mol. The highest BCUT2D eigenvalue weighted by atomic mass is 32.2. The molecule has 0 aliphatic heterocycles. The summed E-state index contributed by atoms with van der Waals surface area (Å²) in [4.78, 5) is 42.4. The molecular weight excluding hydrogens is 525 g/mol. The Kier molecular flexibility index (Phi) is 8.01. The summed E-state index contributed by atoms with van der Waals surface area (Å²) in [5.41, 5.74) is -2.07. The average Bonchev–Trinajstić information content (AvgIpc) is 2.83. The lowest BCUT2D eigenvalue weighted by Crippen LogP contribution is -2.33. The second kappa shape index (κ2) is 10.7. The fraction of sp³-hybridized carbons (Fsp3) is 0.240. The van der Waals surface area contributed by atoms with Crippen LogP contribution < -0.4 is 16.2 Å². The lowest BCUT2D eigenvalue weighted by atomic mass is 9.95. The molecule has 3 amide bonds. The molecule has 1 heterocycles. The van der Waals surface area contributed by atoms with Crippen molar-refractivity contribution < 1.29 is 31.2 Å². The summed E-state index contributed by atoms with van der Waals surface area (Å²) >= 11 is 0. The van der Waals surface area contributed by atoms with E-state index in [1.54, 1.807) is 0 Å². The molecule has 0 fully saturated rings. The Labute approximate surface area is 216 Å². The van der Waals surface area contributed by atoms with Crippen LogP contribution >= 0.6 is 0 Å². The van der Waals surface area contributed by atoms with E-state index in [-0.39, 0.29) is 33.9 Å². The van der Waals surface area contributed by atoms with Crippen molar-refractivity contribution in [3.8, 4) is 11.1 Å². The fourth-order valence-corrected chi connectivity index (χ4v) is 4.21. The molecule has 38 heavy (non-hydrogen) atoms. The van der Waals surface area contributed by atoms with Gasteiger partial charge in [-0.1, -0.05) is 24.3 Å². The molecular formula is C25H25F3N4O5S. The van der Waals surface area contributed by atoms with Gasteiger partial charge in [0.2, 0.25) is 0 Å². The number of H-pyrrole nitrogens is 1. The Morgan fingerprint density at radius 3 is 2.24 bits per heavy atom. The molecule has 0 bridgehead atoms. The van der Waals surface area contributed by atoms with Crippen LogP contribution in [-0.4, -0.2) is 50.6 Å². The Morgan fingerprint density at radius 2 is 1.68 bits per heavy atom. The minimum atomic E-state index is -4.69. The van der Waals surface area contributed by atoms with E-state index < -0.39 is 44.6 Å². The number of pyridine rings is 1. The summed E-state index contributed by atoms with van der Waals surface area (Å²) in [6.45, 7) is 1.33. The number of alkyl halides is 3. The molecule has 0 spiro atoms. The summed E-state index contributed by atoms with van der Waals surface area (Å²) in [5, 5.41) is 5.09. The molecule has 0 aliphatic rings. The van der Waals surface area contributed by atoms with E-state index in [1.165, 1.54) is 56.3 Å². The maximum Gasteiger partial charge on any atom is 0.416 e. The number of anilines is 1. The van der Waals surface area contributed by atoms with Gasteiger partial charge in [0.05, 0.1) is 16.1 Å². The molecule has 0 saturated carbocycles. The van der Waals surface area contributed by atoms with Crippen molar-refractivity contribution in [2.24, 2.45) is 0 Å².